The average Bonchev–Trinajstić information content (AvgIpc) is 2.52. The molecule has 5 heteroatoms. The van der Waals surface area contributed by atoms with Gasteiger partial charge >= 0.3 is 0 Å². The van der Waals surface area contributed by atoms with Gasteiger partial charge in [-0.2, -0.15) is 0 Å². The van der Waals surface area contributed by atoms with Gasteiger partial charge in [0.15, 0.2) is 0 Å². The zero-order valence-electron chi connectivity index (χ0n) is 15.9. The molecule has 1 amide bonds. The fourth-order valence-corrected chi connectivity index (χ4v) is 5.06. The number of nitrogens with zero attached hydrogens (tertiary/aromatic N) is 2. The third-order valence-corrected chi connectivity index (χ3v) is 5.77. The van der Waals surface area contributed by atoms with Crippen molar-refractivity contribution < 1.29 is 9.53 Å². The molecule has 0 spiro atoms. The van der Waals surface area contributed by atoms with E-state index in [4.69, 9.17) is 10.5 Å². The van der Waals surface area contributed by atoms with Crippen molar-refractivity contribution in [2.75, 3.05) is 26.7 Å². The first kappa shape index (κ1) is 18.3. The smallest absolute Gasteiger partial charge is 0.267 e. The molecule has 1 saturated heterocycles. The Bertz CT molecular complexity index is 624. The van der Waals surface area contributed by atoms with Crippen LogP contribution in [0.3, 0.4) is 0 Å². The molecule has 1 aromatic heterocycles. The van der Waals surface area contributed by atoms with Crippen LogP contribution in [0.1, 0.15) is 56.1 Å². The molecule has 25 heavy (non-hydrogen) atoms. The number of hydrogen-bond donors (Lipinski definition) is 1. The summed E-state index contributed by atoms with van der Waals surface area (Å²) in [6.45, 7) is 10.1. The zero-order valence-corrected chi connectivity index (χ0v) is 15.9. The minimum atomic E-state index is -0.483. The molecule has 1 aromatic rings. The standard InChI is InChI=1S/C20H31N3O2/c1-19(2,3)13-23-11-15-6-5-7-16(12-23)20(15,25-4)14-8-9-22-17(10-14)18(21)24/h8-10,15-16H,5-7,11-13H2,1-4H3,(H2,21,24). The van der Waals surface area contributed by atoms with Crippen LogP contribution in [0.4, 0.5) is 0 Å². The maximum absolute atomic E-state index is 11.6. The maximum atomic E-state index is 11.6. The lowest BCUT2D eigenvalue weighted by atomic mass is 9.62. The minimum Gasteiger partial charge on any atom is -0.373 e. The molecule has 0 aromatic carbocycles. The number of nitrogens with two attached hydrogens (primary N) is 1. The number of fused-ring (bicyclic) bond motifs is 2. The lowest BCUT2D eigenvalue weighted by Gasteiger charge is -2.56. The van der Waals surface area contributed by atoms with E-state index in [0.29, 0.717) is 17.5 Å². The van der Waals surface area contributed by atoms with Gasteiger partial charge in [-0.15, -0.1) is 0 Å². The number of pyridine rings is 1. The summed E-state index contributed by atoms with van der Waals surface area (Å²) in [6, 6.07) is 3.84. The van der Waals surface area contributed by atoms with E-state index in [0.717, 1.165) is 38.0 Å². The second kappa shape index (κ2) is 6.69. The molecule has 1 aliphatic carbocycles. The van der Waals surface area contributed by atoms with Crippen LogP contribution in [0.25, 0.3) is 0 Å². The van der Waals surface area contributed by atoms with Gasteiger partial charge in [0, 0.05) is 44.8 Å². The van der Waals surface area contributed by atoms with Crippen molar-refractivity contribution in [2.24, 2.45) is 23.0 Å². The van der Waals surface area contributed by atoms with Crippen LogP contribution in [0.15, 0.2) is 18.3 Å². The molecule has 2 bridgehead atoms. The average molecular weight is 345 g/mol. The number of carbonyl (C=O) groups is 1. The topological polar surface area (TPSA) is 68.5 Å². The molecule has 2 heterocycles. The summed E-state index contributed by atoms with van der Waals surface area (Å²) in [4.78, 5) is 18.3. The number of aromatic nitrogens is 1. The second-order valence-corrected chi connectivity index (χ2v) is 8.87. The monoisotopic (exact) mass is 345 g/mol. The zero-order chi connectivity index (χ0) is 18.2. The molecule has 1 aliphatic heterocycles. The number of likely N-dealkylation sites (tertiary alicyclic amines) is 1. The van der Waals surface area contributed by atoms with Gasteiger partial charge in [-0.3, -0.25) is 9.78 Å². The van der Waals surface area contributed by atoms with E-state index in [1.165, 1.54) is 6.42 Å². The fraction of sp³-hybridized carbons (Fsp3) is 0.700. The molecule has 3 rings (SSSR count). The number of primary amides is 1. The highest BCUT2D eigenvalue weighted by Crippen LogP contribution is 2.51. The van der Waals surface area contributed by atoms with Crippen LogP contribution in [0.2, 0.25) is 0 Å². The molecule has 2 fully saturated rings. The SMILES string of the molecule is COC1(c2ccnc(C(N)=O)c2)C2CCCC1CN(CC(C)(C)C)C2. The lowest BCUT2D eigenvalue weighted by Crippen LogP contribution is -2.60. The first-order valence-electron chi connectivity index (χ1n) is 9.30. The predicted octanol–water partition coefficient (Wildman–Crippen LogP) is 2.80. The Morgan fingerprint density at radius 1 is 1.36 bits per heavy atom. The molecule has 2 aliphatic rings. The number of piperidine rings is 1. The Hall–Kier alpha value is -1.46. The molecule has 0 radical (unpaired) electrons. The summed E-state index contributed by atoms with van der Waals surface area (Å²) in [5.74, 6) is 0.370. The summed E-state index contributed by atoms with van der Waals surface area (Å²) in [5, 5.41) is 0. The van der Waals surface area contributed by atoms with Crippen molar-refractivity contribution in [1.29, 1.82) is 0 Å². The van der Waals surface area contributed by atoms with E-state index >= 15 is 0 Å². The third kappa shape index (κ3) is 3.44. The largest absolute Gasteiger partial charge is 0.373 e. The number of methoxy groups -OCH3 is 1. The molecular weight excluding hydrogens is 314 g/mol. The van der Waals surface area contributed by atoms with Gasteiger partial charge in [0.2, 0.25) is 0 Å². The summed E-state index contributed by atoms with van der Waals surface area (Å²) in [7, 11) is 1.81. The second-order valence-electron chi connectivity index (χ2n) is 8.87. The van der Waals surface area contributed by atoms with Gasteiger partial charge in [0.1, 0.15) is 11.3 Å². The van der Waals surface area contributed by atoms with Gasteiger partial charge in [-0.25, -0.2) is 0 Å². The van der Waals surface area contributed by atoms with Crippen LogP contribution in [-0.2, 0) is 10.3 Å². The summed E-state index contributed by atoms with van der Waals surface area (Å²) < 4.78 is 6.24. The number of ether oxygens (including phenoxy) is 1. The van der Waals surface area contributed by atoms with E-state index in [1.54, 1.807) is 6.20 Å². The fourth-order valence-electron chi connectivity index (χ4n) is 5.06. The Labute approximate surface area is 150 Å². The Balaban J connectivity index is 1.96. The third-order valence-electron chi connectivity index (χ3n) is 5.77. The highest BCUT2D eigenvalue weighted by Gasteiger charge is 2.53. The van der Waals surface area contributed by atoms with E-state index in [1.807, 2.05) is 19.2 Å². The molecule has 5 nitrogen and oxygen atoms in total. The van der Waals surface area contributed by atoms with Crippen LogP contribution in [0, 0.1) is 17.3 Å². The molecule has 138 valence electrons. The highest BCUT2D eigenvalue weighted by atomic mass is 16.5. The summed E-state index contributed by atoms with van der Waals surface area (Å²) >= 11 is 0. The van der Waals surface area contributed by atoms with Gasteiger partial charge in [0.05, 0.1) is 0 Å². The first-order chi connectivity index (χ1) is 11.8. The van der Waals surface area contributed by atoms with Crippen molar-refractivity contribution in [1.82, 2.24) is 9.88 Å². The van der Waals surface area contributed by atoms with Gasteiger partial charge in [-0.05, 0) is 36.0 Å². The Morgan fingerprint density at radius 2 is 2.00 bits per heavy atom. The first-order valence-corrected chi connectivity index (χ1v) is 9.30. The van der Waals surface area contributed by atoms with Gasteiger partial charge in [0.25, 0.3) is 5.91 Å². The Morgan fingerprint density at radius 3 is 2.52 bits per heavy atom. The normalized spacial score (nSPS) is 30.2. The molecule has 1 saturated carbocycles. The van der Waals surface area contributed by atoms with Gasteiger partial charge < -0.3 is 15.4 Å². The van der Waals surface area contributed by atoms with Crippen molar-refractivity contribution in [3.63, 3.8) is 0 Å². The van der Waals surface area contributed by atoms with Crippen molar-refractivity contribution in [2.45, 2.75) is 45.6 Å². The molecule has 2 atom stereocenters. The van der Waals surface area contributed by atoms with Crippen molar-refractivity contribution in [3.8, 4) is 0 Å². The quantitative estimate of drug-likeness (QED) is 0.911. The maximum Gasteiger partial charge on any atom is 0.267 e. The number of amides is 1. The van der Waals surface area contributed by atoms with Crippen LogP contribution < -0.4 is 5.73 Å². The molecule has 2 unspecified atom stereocenters. The van der Waals surface area contributed by atoms with E-state index in [-0.39, 0.29) is 11.0 Å². The van der Waals surface area contributed by atoms with Crippen LogP contribution in [0.5, 0.6) is 0 Å². The van der Waals surface area contributed by atoms with Crippen LogP contribution >= 0.6 is 0 Å². The van der Waals surface area contributed by atoms with Gasteiger partial charge in [-0.1, -0.05) is 27.2 Å². The number of hydrogen-bond acceptors (Lipinski definition) is 4. The van der Waals surface area contributed by atoms with E-state index < -0.39 is 5.91 Å². The van der Waals surface area contributed by atoms with E-state index in [2.05, 4.69) is 30.7 Å². The predicted molar refractivity (Wildman–Crippen MR) is 98.2 cm³/mol. The summed E-state index contributed by atoms with van der Waals surface area (Å²) in [5.41, 5.74) is 6.79. The van der Waals surface area contributed by atoms with Crippen molar-refractivity contribution >= 4 is 5.91 Å². The number of carbonyl (C=O) groups excluding carboxylic acids is 1. The van der Waals surface area contributed by atoms with Crippen LogP contribution in [-0.4, -0.2) is 42.5 Å². The van der Waals surface area contributed by atoms with Crippen molar-refractivity contribution in [3.05, 3.63) is 29.6 Å². The Kier molecular flexibility index (Phi) is 4.91. The molecular formula is C20H31N3O2. The number of rotatable bonds is 4. The summed E-state index contributed by atoms with van der Waals surface area (Å²) in [6.07, 6.45) is 5.24. The minimum absolute atomic E-state index is 0.289. The molecule has 2 N–H and O–H groups in total. The highest BCUT2D eigenvalue weighted by molar-refractivity contribution is 5.90. The van der Waals surface area contributed by atoms with E-state index in [9.17, 15) is 4.79 Å². The lowest BCUT2D eigenvalue weighted by molar-refractivity contribution is -0.171.